The minimum atomic E-state index is -0.271. The number of nitrogens with one attached hydrogen (secondary N) is 2. The Labute approximate surface area is 126 Å². The largest absolute Gasteiger partial charge is 0.345 e. The molecule has 0 fully saturated rings. The van der Waals surface area contributed by atoms with Gasteiger partial charge in [-0.05, 0) is 19.4 Å². The van der Waals surface area contributed by atoms with E-state index in [2.05, 4.69) is 15.4 Å². The molecule has 1 atom stereocenters. The van der Waals surface area contributed by atoms with Gasteiger partial charge in [-0.25, -0.2) is 9.50 Å². The number of nitrogens with zero attached hydrogens (tertiary/aromatic N) is 2. The van der Waals surface area contributed by atoms with Gasteiger partial charge in [0.1, 0.15) is 5.56 Å². The molecule has 0 aliphatic heterocycles. The fourth-order valence-electron chi connectivity index (χ4n) is 2.36. The van der Waals surface area contributed by atoms with Crippen LogP contribution < -0.4 is 10.9 Å². The summed E-state index contributed by atoms with van der Waals surface area (Å²) in [6.07, 6.45) is 1.50. The molecule has 112 valence electrons. The second-order valence-corrected chi connectivity index (χ2v) is 5.19. The molecular weight excluding hydrogens is 280 g/mol. The van der Waals surface area contributed by atoms with E-state index in [1.165, 1.54) is 16.8 Å². The Balaban J connectivity index is 1.91. The van der Waals surface area contributed by atoms with Crippen molar-refractivity contribution in [1.29, 1.82) is 0 Å². The standard InChI is InChI=1S/C16H16N4O2/c1-10-8-14(21)20-15(18-10)13(9-17-20)16(22)19-11(2)12-6-4-3-5-7-12/h3-9,11,17H,1-2H3,(H,19,22). The second-order valence-electron chi connectivity index (χ2n) is 5.19. The maximum Gasteiger partial charge on any atom is 0.272 e. The predicted octanol–water partition coefficient (Wildman–Crippen LogP) is 1.82. The predicted molar refractivity (Wildman–Crippen MR) is 82.9 cm³/mol. The molecule has 0 saturated heterocycles. The van der Waals surface area contributed by atoms with Crippen LogP contribution in [0.5, 0.6) is 0 Å². The van der Waals surface area contributed by atoms with Crippen LogP contribution in [-0.2, 0) is 0 Å². The van der Waals surface area contributed by atoms with Gasteiger partial charge in [0.2, 0.25) is 0 Å². The Bertz CT molecular complexity index is 880. The van der Waals surface area contributed by atoms with Gasteiger partial charge in [-0.3, -0.25) is 14.7 Å². The number of fused-ring (bicyclic) bond motifs is 1. The molecule has 0 radical (unpaired) electrons. The lowest BCUT2D eigenvalue weighted by Crippen LogP contribution is -2.27. The topological polar surface area (TPSA) is 79.3 Å². The third-order valence-electron chi connectivity index (χ3n) is 3.52. The number of hydrogen-bond donors (Lipinski definition) is 2. The fraction of sp³-hybridized carbons (Fsp3) is 0.188. The van der Waals surface area contributed by atoms with Gasteiger partial charge in [-0.1, -0.05) is 30.3 Å². The maximum atomic E-state index is 12.4. The first kappa shape index (κ1) is 14.1. The van der Waals surface area contributed by atoms with Crippen LogP contribution in [-0.4, -0.2) is 20.5 Å². The Kier molecular flexibility index (Phi) is 3.50. The van der Waals surface area contributed by atoms with Crippen molar-refractivity contribution >= 4 is 11.6 Å². The van der Waals surface area contributed by atoms with Gasteiger partial charge < -0.3 is 5.32 Å². The molecule has 0 saturated carbocycles. The van der Waals surface area contributed by atoms with E-state index in [0.29, 0.717) is 16.9 Å². The Morgan fingerprint density at radius 3 is 2.77 bits per heavy atom. The molecule has 2 aromatic heterocycles. The molecule has 3 aromatic rings. The smallest absolute Gasteiger partial charge is 0.272 e. The van der Waals surface area contributed by atoms with E-state index < -0.39 is 0 Å². The molecule has 0 spiro atoms. The quantitative estimate of drug-likeness (QED) is 0.773. The van der Waals surface area contributed by atoms with Crippen molar-refractivity contribution in [3.63, 3.8) is 0 Å². The first-order valence-electron chi connectivity index (χ1n) is 7.00. The summed E-state index contributed by atoms with van der Waals surface area (Å²) < 4.78 is 1.26. The van der Waals surface area contributed by atoms with Crippen LogP contribution in [0.2, 0.25) is 0 Å². The summed E-state index contributed by atoms with van der Waals surface area (Å²) in [4.78, 5) is 28.5. The summed E-state index contributed by atoms with van der Waals surface area (Å²) in [5, 5.41) is 5.67. The molecule has 1 aromatic carbocycles. The highest BCUT2D eigenvalue weighted by molar-refractivity contribution is 5.99. The van der Waals surface area contributed by atoms with E-state index in [1.807, 2.05) is 37.3 Å². The van der Waals surface area contributed by atoms with Gasteiger partial charge in [-0.15, -0.1) is 0 Å². The highest BCUT2D eigenvalue weighted by Crippen LogP contribution is 2.13. The van der Waals surface area contributed by atoms with E-state index >= 15 is 0 Å². The number of rotatable bonds is 3. The minimum absolute atomic E-state index is 0.139. The molecule has 0 bridgehead atoms. The summed E-state index contributed by atoms with van der Waals surface area (Å²) in [5.74, 6) is -0.271. The average Bonchev–Trinajstić information content (AvgIpc) is 2.92. The third-order valence-corrected chi connectivity index (χ3v) is 3.52. The van der Waals surface area contributed by atoms with E-state index in [1.54, 1.807) is 6.92 Å². The normalized spacial score (nSPS) is 12.3. The van der Waals surface area contributed by atoms with Gasteiger partial charge in [0.05, 0.1) is 6.04 Å². The zero-order valence-electron chi connectivity index (χ0n) is 12.3. The van der Waals surface area contributed by atoms with Crippen molar-refractivity contribution < 1.29 is 4.79 Å². The number of amides is 1. The number of carbonyl (C=O) groups is 1. The van der Waals surface area contributed by atoms with E-state index in [9.17, 15) is 9.59 Å². The number of H-pyrrole nitrogens is 1. The van der Waals surface area contributed by atoms with Crippen LogP contribution in [0.25, 0.3) is 5.65 Å². The molecule has 3 rings (SSSR count). The van der Waals surface area contributed by atoms with E-state index in [0.717, 1.165) is 5.56 Å². The average molecular weight is 296 g/mol. The second kappa shape index (κ2) is 5.48. The van der Waals surface area contributed by atoms with Crippen LogP contribution in [0.15, 0.2) is 47.4 Å². The Hall–Kier alpha value is -2.89. The molecule has 0 aliphatic carbocycles. The molecule has 2 N–H and O–H groups in total. The minimum Gasteiger partial charge on any atom is -0.345 e. The van der Waals surface area contributed by atoms with Crippen LogP contribution >= 0.6 is 0 Å². The molecule has 1 unspecified atom stereocenters. The summed E-state index contributed by atoms with van der Waals surface area (Å²) in [6.45, 7) is 3.63. The number of aromatic amines is 1. The Morgan fingerprint density at radius 1 is 1.32 bits per heavy atom. The van der Waals surface area contributed by atoms with E-state index in [-0.39, 0.29) is 17.5 Å². The molecular formula is C16H16N4O2. The fourth-order valence-corrected chi connectivity index (χ4v) is 2.36. The van der Waals surface area contributed by atoms with Gasteiger partial charge >= 0.3 is 0 Å². The number of hydrogen-bond acceptors (Lipinski definition) is 3. The number of benzene rings is 1. The summed E-state index contributed by atoms with van der Waals surface area (Å²) in [5.41, 5.74) is 2.04. The molecule has 22 heavy (non-hydrogen) atoms. The number of aromatic nitrogens is 3. The van der Waals surface area contributed by atoms with Crippen molar-refractivity contribution in [2.45, 2.75) is 19.9 Å². The summed E-state index contributed by atoms with van der Waals surface area (Å²) in [6, 6.07) is 11.0. The van der Waals surface area contributed by atoms with Gasteiger partial charge in [-0.2, -0.15) is 0 Å². The first-order chi connectivity index (χ1) is 10.6. The first-order valence-corrected chi connectivity index (χ1v) is 7.00. The van der Waals surface area contributed by atoms with E-state index in [4.69, 9.17) is 0 Å². The van der Waals surface area contributed by atoms with Crippen LogP contribution in [0, 0.1) is 6.92 Å². The highest BCUT2D eigenvalue weighted by atomic mass is 16.2. The van der Waals surface area contributed by atoms with Crippen LogP contribution in [0.3, 0.4) is 0 Å². The monoisotopic (exact) mass is 296 g/mol. The van der Waals surface area contributed by atoms with Gasteiger partial charge in [0, 0.05) is 18.0 Å². The van der Waals surface area contributed by atoms with Crippen molar-refractivity contribution in [1.82, 2.24) is 19.9 Å². The lowest BCUT2D eigenvalue weighted by Gasteiger charge is -2.13. The molecule has 6 nitrogen and oxygen atoms in total. The lowest BCUT2D eigenvalue weighted by molar-refractivity contribution is 0.0941. The zero-order chi connectivity index (χ0) is 15.7. The third kappa shape index (κ3) is 2.50. The van der Waals surface area contributed by atoms with Crippen molar-refractivity contribution in [2.75, 3.05) is 0 Å². The zero-order valence-corrected chi connectivity index (χ0v) is 12.3. The summed E-state index contributed by atoms with van der Waals surface area (Å²) in [7, 11) is 0. The van der Waals surface area contributed by atoms with Crippen LogP contribution in [0.4, 0.5) is 0 Å². The summed E-state index contributed by atoms with van der Waals surface area (Å²) >= 11 is 0. The van der Waals surface area contributed by atoms with Crippen molar-refractivity contribution in [2.24, 2.45) is 0 Å². The molecule has 6 heteroatoms. The highest BCUT2D eigenvalue weighted by Gasteiger charge is 2.17. The molecule has 2 heterocycles. The van der Waals surface area contributed by atoms with Crippen molar-refractivity contribution in [3.8, 4) is 0 Å². The number of carbonyl (C=O) groups excluding carboxylic acids is 1. The lowest BCUT2D eigenvalue weighted by atomic mass is 10.1. The van der Waals surface area contributed by atoms with Gasteiger partial charge in [0.25, 0.3) is 11.5 Å². The number of aryl methyl sites for hydroxylation is 1. The molecule has 0 aliphatic rings. The van der Waals surface area contributed by atoms with Crippen molar-refractivity contribution in [3.05, 3.63) is 69.8 Å². The molecule has 1 amide bonds. The Morgan fingerprint density at radius 2 is 2.05 bits per heavy atom. The maximum absolute atomic E-state index is 12.4. The van der Waals surface area contributed by atoms with Gasteiger partial charge in [0.15, 0.2) is 5.65 Å². The SMILES string of the molecule is Cc1cc(=O)n2[nH]cc(C(=O)NC(C)c3ccccc3)c2n1. The van der Waals surface area contributed by atoms with Crippen LogP contribution in [0.1, 0.15) is 34.6 Å².